The highest BCUT2D eigenvalue weighted by Gasteiger charge is 2.24. The summed E-state index contributed by atoms with van der Waals surface area (Å²) in [6, 6.07) is 8.33. The van der Waals surface area contributed by atoms with E-state index in [2.05, 4.69) is 31.2 Å². The summed E-state index contributed by atoms with van der Waals surface area (Å²) in [6.07, 6.45) is 1.32. The average Bonchev–Trinajstić information content (AvgIpc) is 2.53. The van der Waals surface area contributed by atoms with Gasteiger partial charge in [-0.3, -0.25) is 9.59 Å². The zero-order chi connectivity index (χ0) is 16.1. The number of hydrogen-bond acceptors (Lipinski definition) is 2. The molecule has 2 amide bonds. The number of carbonyl (C=O) groups is 2. The molecule has 0 bridgehead atoms. The summed E-state index contributed by atoms with van der Waals surface area (Å²) in [7, 11) is 0. The lowest BCUT2D eigenvalue weighted by Crippen LogP contribution is -2.51. The zero-order valence-corrected chi connectivity index (χ0v) is 13.8. The van der Waals surface area contributed by atoms with Crippen LogP contribution < -0.4 is 0 Å². The van der Waals surface area contributed by atoms with Gasteiger partial charge in [-0.25, -0.2) is 0 Å². The van der Waals surface area contributed by atoms with Gasteiger partial charge in [0, 0.05) is 38.5 Å². The highest BCUT2D eigenvalue weighted by atomic mass is 16.2. The third kappa shape index (κ3) is 4.33. The van der Waals surface area contributed by atoms with E-state index in [0.29, 0.717) is 32.6 Å². The molecule has 2 rings (SSSR count). The van der Waals surface area contributed by atoms with E-state index >= 15 is 0 Å². The molecule has 0 aromatic heterocycles. The van der Waals surface area contributed by atoms with Crippen LogP contribution in [0.25, 0.3) is 0 Å². The molecule has 1 saturated heterocycles. The smallest absolute Gasteiger partial charge is 0.225 e. The number of nitrogens with zero attached hydrogens (tertiary/aromatic N) is 2. The van der Waals surface area contributed by atoms with Crippen LogP contribution in [0.1, 0.15) is 31.4 Å². The van der Waals surface area contributed by atoms with Crippen molar-refractivity contribution in [3.05, 3.63) is 35.4 Å². The molecule has 0 N–H and O–H groups in total. The minimum Gasteiger partial charge on any atom is -0.339 e. The summed E-state index contributed by atoms with van der Waals surface area (Å²) in [5, 5.41) is 0. The Balaban J connectivity index is 1.77. The van der Waals surface area contributed by atoms with Crippen LogP contribution in [0.3, 0.4) is 0 Å². The zero-order valence-electron chi connectivity index (χ0n) is 13.8. The second-order valence-corrected chi connectivity index (χ2v) is 6.35. The summed E-state index contributed by atoms with van der Waals surface area (Å²) >= 11 is 0. The van der Waals surface area contributed by atoms with Crippen LogP contribution in [-0.4, -0.2) is 47.8 Å². The van der Waals surface area contributed by atoms with Crippen molar-refractivity contribution < 1.29 is 9.59 Å². The summed E-state index contributed by atoms with van der Waals surface area (Å²) in [6.45, 7) is 8.53. The van der Waals surface area contributed by atoms with Gasteiger partial charge in [-0.1, -0.05) is 43.7 Å². The van der Waals surface area contributed by atoms with E-state index in [9.17, 15) is 9.59 Å². The molecule has 0 unspecified atom stereocenters. The van der Waals surface area contributed by atoms with Crippen molar-refractivity contribution in [2.24, 2.45) is 5.92 Å². The molecule has 0 saturated carbocycles. The molecule has 1 aliphatic heterocycles. The van der Waals surface area contributed by atoms with Crippen LogP contribution in [-0.2, 0) is 16.0 Å². The normalized spacial score (nSPS) is 15.3. The molecule has 0 atom stereocenters. The third-order valence-electron chi connectivity index (χ3n) is 4.19. The summed E-state index contributed by atoms with van der Waals surface area (Å²) < 4.78 is 0. The Morgan fingerprint density at radius 2 is 1.55 bits per heavy atom. The number of benzene rings is 1. The number of hydrogen-bond donors (Lipinski definition) is 0. The number of piperazine rings is 1. The molecule has 0 spiro atoms. The molecule has 0 radical (unpaired) electrons. The molecule has 1 aromatic carbocycles. The second kappa shape index (κ2) is 7.43. The first kappa shape index (κ1) is 16.5. The molecule has 1 fully saturated rings. The van der Waals surface area contributed by atoms with Crippen molar-refractivity contribution in [1.29, 1.82) is 0 Å². The number of rotatable bonds is 4. The Hall–Kier alpha value is -1.84. The molecule has 1 aliphatic rings. The molecule has 120 valence electrons. The lowest BCUT2D eigenvalue weighted by atomic mass is 10.1. The fraction of sp³-hybridized carbons (Fsp3) is 0.556. The van der Waals surface area contributed by atoms with Crippen LogP contribution in [0.5, 0.6) is 0 Å². The van der Waals surface area contributed by atoms with Gasteiger partial charge in [0.2, 0.25) is 11.8 Å². The van der Waals surface area contributed by atoms with Gasteiger partial charge >= 0.3 is 0 Å². The maximum absolute atomic E-state index is 12.3. The van der Waals surface area contributed by atoms with Gasteiger partial charge in [0.1, 0.15) is 0 Å². The average molecular weight is 302 g/mol. The maximum atomic E-state index is 12.3. The van der Waals surface area contributed by atoms with Gasteiger partial charge in [-0.05, 0) is 18.9 Å². The van der Waals surface area contributed by atoms with E-state index < -0.39 is 0 Å². The van der Waals surface area contributed by atoms with E-state index in [4.69, 9.17) is 0 Å². The van der Waals surface area contributed by atoms with Crippen molar-refractivity contribution in [3.63, 3.8) is 0 Å². The van der Waals surface area contributed by atoms with Crippen molar-refractivity contribution >= 4 is 11.8 Å². The van der Waals surface area contributed by atoms with Crippen molar-refractivity contribution in [1.82, 2.24) is 9.80 Å². The Morgan fingerprint density at radius 3 is 2.09 bits per heavy atom. The Bertz CT molecular complexity index is 514. The Labute approximate surface area is 133 Å². The largest absolute Gasteiger partial charge is 0.339 e. The Kier molecular flexibility index (Phi) is 5.58. The molecule has 4 heteroatoms. The minimum atomic E-state index is 0.0313. The predicted molar refractivity (Wildman–Crippen MR) is 87.5 cm³/mol. The standard InChI is InChI=1S/C18H26N2O2/c1-14(2)18(22)20-12-10-19(11-13-20)17(21)9-8-16-6-4-15(3)5-7-16/h4-7,14H,8-13H2,1-3H3. The van der Waals surface area contributed by atoms with E-state index in [1.165, 1.54) is 11.1 Å². The van der Waals surface area contributed by atoms with Crippen molar-refractivity contribution in [3.8, 4) is 0 Å². The summed E-state index contributed by atoms with van der Waals surface area (Å²) in [5.74, 6) is 0.410. The van der Waals surface area contributed by atoms with Crippen LogP contribution in [0.15, 0.2) is 24.3 Å². The van der Waals surface area contributed by atoms with Gasteiger partial charge in [-0.15, -0.1) is 0 Å². The van der Waals surface area contributed by atoms with Crippen LogP contribution in [0.2, 0.25) is 0 Å². The second-order valence-electron chi connectivity index (χ2n) is 6.35. The third-order valence-corrected chi connectivity index (χ3v) is 4.19. The lowest BCUT2D eigenvalue weighted by Gasteiger charge is -2.35. The highest BCUT2D eigenvalue weighted by molar-refractivity contribution is 5.79. The van der Waals surface area contributed by atoms with Crippen LogP contribution in [0, 0.1) is 12.8 Å². The fourth-order valence-corrected chi connectivity index (χ4v) is 2.71. The van der Waals surface area contributed by atoms with E-state index in [0.717, 1.165) is 6.42 Å². The van der Waals surface area contributed by atoms with Gasteiger partial charge in [0.15, 0.2) is 0 Å². The van der Waals surface area contributed by atoms with Crippen molar-refractivity contribution in [2.75, 3.05) is 26.2 Å². The maximum Gasteiger partial charge on any atom is 0.225 e. The molecule has 1 heterocycles. The molecule has 1 aromatic rings. The molecular weight excluding hydrogens is 276 g/mol. The van der Waals surface area contributed by atoms with Gasteiger partial charge in [0.25, 0.3) is 0 Å². The fourth-order valence-electron chi connectivity index (χ4n) is 2.71. The predicted octanol–water partition coefficient (Wildman–Crippen LogP) is 2.25. The van der Waals surface area contributed by atoms with Crippen molar-refractivity contribution in [2.45, 2.75) is 33.6 Å². The quantitative estimate of drug-likeness (QED) is 0.856. The first-order chi connectivity index (χ1) is 10.5. The van der Waals surface area contributed by atoms with Gasteiger partial charge in [0.05, 0.1) is 0 Å². The number of amides is 2. The molecular formula is C18H26N2O2. The SMILES string of the molecule is Cc1ccc(CCC(=O)N2CCN(C(=O)C(C)C)CC2)cc1. The van der Waals surface area contributed by atoms with E-state index in [1.54, 1.807) is 0 Å². The topological polar surface area (TPSA) is 40.6 Å². The van der Waals surface area contributed by atoms with Gasteiger partial charge in [-0.2, -0.15) is 0 Å². The van der Waals surface area contributed by atoms with E-state index in [1.807, 2.05) is 23.6 Å². The van der Waals surface area contributed by atoms with E-state index in [-0.39, 0.29) is 17.7 Å². The van der Waals surface area contributed by atoms with Crippen LogP contribution >= 0.6 is 0 Å². The summed E-state index contributed by atoms with van der Waals surface area (Å²) in [4.78, 5) is 28.0. The minimum absolute atomic E-state index is 0.0313. The summed E-state index contributed by atoms with van der Waals surface area (Å²) in [5.41, 5.74) is 2.44. The highest BCUT2D eigenvalue weighted by Crippen LogP contribution is 2.11. The van der Waals surface area contributed by atoms with Gasteiger partial charge < -0.3 is 9.80 Å². The monoisotopic (exact) mass is 302 g/mol. The Morgan fingerprint density at radius 1 is 1.00 bits per heavy atom. The molecule has 4 nitrogen and oxygen atoms in total. The first-order valence-corrected chi connectivity index (χ1v) is 8.09. The molecule has 22 heavy (non-hydrogen) atoms. The first-order valence-electron chi connectivity index (χ1n) is 8.09. The molecule has 0 aliphatic carbocycles. The number of aryl methyl sites for hydroxylation is 2. The van der Waals surface area contributed by atoms with Crippen LogP contribution in [0.4, 0.5) is 0 Å². The number of carbonyl (C=O) groups excluding carboxylic acids is 2. The lowest BCUT2D eigenvalue weighted by molar-refractivity contribution is -0.141.